The van der Waals surface area contributed by atoms with E-state index in [1.165, 1.54) is 5.56 Å². The van der Waals surface area contributed by atoms with E-state index in [0.29, 0.717) is 17.7 Å². The van der Waals surface area contributed by atoms with Crippen molar-refractivity contribution in [3.8, 4) is 6.07 Å². The molecule has 1 amide bonds. The number of carbonyl (C=O) groups is 1. The van der Waals surface area contributed by atoms with Gasteiger partial charge in [-0.25, -0.2) is 0 Å². The summed E-state index contributed by atoms with van der Waals surface area (Å²) in [5.74, 6) is -0.0815. The van der Waals surface area contributed by atoms with Gasteiger partial charge < -0.3 is 4.90 Å². The van der Waals surface area contributed by atoms with Gasteiger partial charge in [-0.15, -0.1) is 0 Å². The summed E-state index contributed by atoms with van der Waals surface area (Å²) in [4.78, 5) is 14.1. The molecule has 0 radical (unpaired) electrons. The van der Waals surface area contributed by atoms with Gasteiger partial charge in [-0.05, 0) is 34.7 Å². The smallest absolute Gasteiger partial charge is 0.253 e. The van der Waals surface area contributed by atoms with Gasteiger partial charge in [-0.2, -0.15) is 5.26 Å². The van der Waals surface area contributed by atoms with Crippen molar-refractivity contribution in [2.24, 2.45) is 0 Å². The molecule has 3 nitrogen and oxygen atoms in total. The van der Waals surface area contributed by atoms with E-state index in [1.54, 1.807) is 36.2 Å². The number of amides is 1. The summed E-state index contributed by atoms with van der Waals surface area (Å²) in [5.41, 5.74) is 3.52. The Bertz CT molecular complexity index is 733. The summed E-state index contributed by atoms with van der Waals surface area (Å²) in [5, 5.41) is 8.93. The molecule has 118 valence electrons. The van der Waals surface area contributed by atoms with Gasteiger partial charge in [-0.3, -0.25) is 4.79 Å². The van der Waals surface area contributed by atoms with Gasteiger partial charge in [0.2, 0.25) is 0 Å². The maximum atomic E-state index is 12.5. The normalized spacial score (nSPS) is 10.9. The highest BCUT2D eigenvalue weighted by Crippen LogP contribution is 2.22. The van der Waals surface area contributed by atoms with Crippen LogP contribution in [0.3, 0.4) is 0 Å². The van der Waals surface area contributed by atoms with Gasteiger partial charge in [0.15, 0.2) is 0 Å². The van der Waals surface area contributed by atoms with Crippen molar-refractivity contribution in [3.63, 3.8) is 0 Å². The molecule has 0 saturated heterocycles. The molecule has 2 aromatic carbocycles. The van der Waals surface area contributed by atoms with Crippen molar-refractivity contribution in [2.75, 3.05) is 7.05 Å². The Labute approximate surface area is 138 Å². The molecule has 3 heteroatoms. The van der Waals surface area contributed by atoms with Crippen LogP contribution in [0.5, 0.6) is 0 Å². The number of nitriles is 1. The molecule has 0 atom stereocenters. The molecular weight excluding hydrogens is 284 g/mol. The lowest BCUT2D eigenvalue weighted by Crippen LogP contribution is -2.26. The molecule has 0 fully saturated rings. The maximum Gasteiger partial charge on any atom is 0.253 e. The standard InChI is InChI=1S/C20H22N2O/c1-20(2,3)18-10-8-15(9-11-18)14-22(4)19(23)17-7-5-6-16(12-17)13-21/h5-12H,14H2,1-4H3. The van der Waals surface area contributed by atoms with Gasteiger partial charge in [0.1, 0.15) is 0 Å². The molecule has 0 N–H and O–H groups in total. The Morgan fingerprint density at radius 1 is 1.13 bits per heavy atom. The van der Waals surface area contributed by atoms with Crippen LogP contribution in [0.25, 0.3) is 0 Å². The molecule has 0 saturated carbocycles. The second-order valence-corrected chi connectivity index (χ2v) is 6.80. The summed E-state index contributed by atoms with van der Waals surface area (Å²) in [6.45, 7) is 7.08. The minimum absolute atomic E-state index is 0.0815. The molecule has 23 heavy (non-hydrogen) atoms. The highest BCUT2D eigenvalue weighted by atomic mass is 16.2. The Balaban J connectivity index is 2.10. The van der Waals surface area contributed by atoms with E-state index in [4.69, 9.17) is 5.26 Å². The fourth-order valence-electron chi connectivity index (χ4n) is 2.40. The zero-order valence-corrected chi connectivity index (χ0v) is 14.1. The molecule has 0 spiro atoms. The second-order valence-electron chi connectivity index (χ2n) is 6.80. The average Bonchev–Trinajstić information content (AvgIpc) is 2.53. The lowest BCUT2D eigenvalue weighted by Gasteiger charge is -2.21. The van der Waals surface area contributed by atoms with Crippen molar-refractivity contribution in [1.29, 1.82) is 5.26 Å². The predicted molar refractivity (Wildman–Crippen MR) is 92.1 cm³/mol. The van der Waals surface area contributed by atoms with Gasteiger partial charge >= 0.3 is 0 Å². The first-order chi connectivity index (χ1) is 10.8. The van der Waals surface area contributed by atoms with Gasteiger partial charge in [0, 0.05) is 19.2 Å². The summed E-state index contributed by atoms with van der Waals surface area (Å²) >= 11 is 0. The van der Waals surface area contributed by atoms with Crippen LogP contribution in [-0.2, 0) is 12.0 Å². The number of hydrogen-bond acceptors (Lipinski definition) is 2. The first kappa shape index (κ1) is 16.8. The predicted octanol–water partition coefficient (Wildman–Crippen LogP) is 4.13. The van der Waals surface area contributed by atoms with E-state index in [0.717, 1.165) is 5.56 Å². The van der Waals surface area contributed by atoms with Crippen LogP contribution < -0.4 is 0 Å². The minimum atomic E-state index is -0.0815. The quantitative estimate of drug-likeness (QED) is 0.856. The molecule has 0 heterocycles. The third kappa shape index (κ3) is 4.20. The molecule has 0 unspecified atom stereocenters. The van der Waals surface area contributed by atoms with Gasteiger partial charge in [0.05, 0.1) is 11.6 Å². The largest absolute Gasteiger partial charge is 0.337 e. The molecule has 0 aromatic heterocycles. The maximum absolute atomic E-state index is 12.5. The van der Waals surface area contributed by atoms with Crippen molar-refractivity contribution in [1.82, 2.24) is 4.90 Å². The van der Waals surface area contributed by atoms with Crippen LogP contribution in [0.1, 0.15) is 47.8 Å². The van der Waals surface area contributed by atoms with Crippen LogP contribution in [0, 0.1) is 11.3 Å². The Hall–Kier alpha value is -2.60. The molecule has 0 aliphatic carbocycles. The van der Waals surface area contributed by atoms with Crippen molar-refractivity contribution >= 4 is 5.91 Å². The molecule has 2 rings (SSSR count). The monoisotopic (exact) mass is 306 g/mol. The van der Waals surface area contributed by atoms with Crippen LogP contribution in [-0.4, -0.2) is 17.9 Å². The Kier molecular flexibility index (Phi) is 4.86. The summed E-state index contributed by atoms with van der Waals surface area (Å²) in [7, 11) is 1.78. The van der Waals surface area contributed by atoms with E-state index in [-0.39, 0.29) is 11.3 Å². The SMILES string of the molecule is CN(Cc1ccc(C(C)(C)C)cc1)C(=O)c1cccc(C#N)c1. The lowest BCUT2D eigenvalue weighted by atomic mass is 9.87. The van der Waals surface area contributed by atoms with Crippen LogP contribution in [0.2, 0.25) is 0 Å². The van der Waals surface area contributed by atoms with Crippen molar-refractivity contribution in [2.45, 2.75) is 32.7 Å². The number of hydrogen-bond donors (Lipinski definition) is 0. The fourth-order valence-corrected chi connectivity index (χ4v) is 2.40. The fraction of sp³-hybridized carbons (Fsp3) is 0.300. The molecule has 0 aliphatic heterocycles. The topological polar surface area (TPSA) is 44.1 Å². The zero-order valence-electron chi connectivity index (χ0n) is 14.1. The number of nitrogens with zero attached hydrogens (tertiary/aromatic N) is 2. The van der Waals surface area contributed by atoms with E-state index in [1.807, 2.05) is 0 Å². The zero-order chi connectivity index (χ0) is 17.0. The number of rotatable bonds is 3. The third-order valence-corrected chi connectivity index (χ3v) is 3.83. The Morgan fingerprint density at radius 3 is 2.35 bits per heavy atom. The first-order valence-corrected chi connectivity index (χ1v) is 7.66. The van der Waals surface area contributed by atoms with E-state index >= 15 is 0 Å². The Morgan fingerprint density at radius 2 is 1.78 bits per heavy atom. The molecule has 0 aliphatic rings. The average molecular weight is 306 g/mol. The highest BCUT2D eigenvalue weighted by molar-refractivity contribution is 5.94. The number of carbonyl (C=O) groups excluding carboxylic acids is 1. The third-order valence-electron chi connectivity index (χ3n) is 3.83. The van der Waals surface area contributed by atoms with E-state index in [2.05, 4.69) is 51.1 Å². The van der Waals surface area contributed by atoms with Crippen molar-refractivity contribution < 1.29 is 4.79 Å². The molecular formula is C20H22N2O. The van der Waals surface area contributed by atoms with E-state index < -0.39 is 0 Å². The minimum Gasteiger partial charge on any atom is -0.337 e. The van der Waals surface area contributed by atoms with Crippen LogP contribution >= 0.6 is 0 Å². The molecule has 2 aromatic rings. The van der Waals surface area contributed by atoms with Crippen LogP contribution in [0.15, 0.2) is 48.5 Å². The molecule has 0 bridgehead atoms. The summed E-state index contributed by atoms with van der Waals surface area (Å²) in [6, 6.07) is 17.2. The summed E-state index contributed by atoms with van der Waals surface area (Å²) in [6.07, 6.45) is 0. The van der Waals surface area contributed by atoms with Gasteiger partial charge in [0.25, 0.3) is 5.91 Å². The van der Waals surface area contributed by atoms with Gasteiger partial charge in [-0.1, -0.05) is 51.1 Å². The second kappa shape index (κ2) is 6.66. The number of benzene rings is 2. The first-order valence-electron chi connectivity index (χ1n) is 7.66. The lowest BCUT2D eigenvalue weighted by molar-refractivity contribution is 0.0785. The summed E-state index contributed by atoms with van der Waals surface area (Å²) < 4.78 is 0. The van der Waals surface area contributed by atoms with E-state index in [9.17, 15) is 4.79 Å². The van der Waals surface area contributed by atoms with Crippen LogP contribution in [0.4, 0.5) is 0 Å². The highest BCUT2D eigenvalue weighted by Gasteiger charge is 2.15. The van der Waals surface area contributed by atoms with Crippen molar-refractivity contribution in [3.05, 3.63) is 70.8 Å².